The highest BCUT2D eigenvalue weighted by Gasteiger charge is 2.22. The average molecular weight is 410 g/mol. The van der Waals surface area contributed by atoms with E-state index in [1.807, 2.05) is 61.5 Å². The van der Waals surface area contributed by atoms with Crippen molar-refractivity contribution < 1.29 is 4.79 Å². The fourth-order valence-electron chi connectivity index (χ4n) is 3.04. The number of anilines is 1. The summed E-state index contributed by atoms with van der Waals surface area (Å²) < 4.78 is 1.61. The molecular weight excluding hydrogens is 390 g/mol. The second-order valence-corrected chi connectivity index (χ2v) is 8.50. The van der Waals surface area contributed by atoms with Crippen molar-refractivity contribution in [2.75, 3.05) is 16.8 Å². The summed E-state index contributed by atoms with van der Waals surface area (Å²) in [5, 5.41) is 3.45. The molecular formula is C21H19N3O2S2. The minimum absolute atomic E-state index is 0.0553. The molecule has 28 heavy (non-hydrogen) atoms. The third-order valence-electron chi connectivity index (χ3n) is 4.32. The molecule has 0 spiro atoms. The van der Waals surface area contributed by atoms with Gasteiger partial charge in [0.1, 0.15) is 0 Å². The zero-order valence-corrected chi connectivity index (χ0v) is 17.0. The van der Waals surface area contributed by atoms with E-state index < -0.39 is 0 Å². The third kappa shape index (κ3) is 4.00. The Bertz CT molecular complexity index is 1080. The Morgan fingerprint density at radius 1 is 1.21 bits per heavy atom. The molecule has 0 atom stereocenters. The summed E-state index contributed by atoms with van der Waals surface area (Å²) in [7, 11) is 0. The van der Waals surface area contributed by atoms with Gasteiger partial charge in [-0.2, -0.15) is 0 Å². The van der Waals surface area contributed by atoms with Gasteiger partial charge in [0, 0.05) is 17.9 Å². The van der Waals surface area contributed by atoms with E-state index in [2.05, 4.69) is 5.32 Å². The van der Waals surface area contributed by atoms with Gasteiger partial charge in [-0.3, -0.25) is 14.2 Å². The van der Waals surface area contributed by atoms with Crippen LogP contribution in [0, 0.1) is 6.92 Å². The predicted octanol–water partition coefficient (Wildman–Crippen LogP) is 3.92. The number of thioether (sulfide) groups is 2. The summed E-state index contributed by atoms with van der Waals surface area (Å²) in [5.41, 5.74) is 3.39. The van der Waals surface area contributed by atoms with Gasteiger partial charge in [0.25, 0.3) is 5.56 Å². The lowest BCUT2D eigenvalue weighted by Crippen LogP contribution is -2.24. The molecule has 0 saturated carbocycles. The van der Waals surface area contributed by atoms with Gasteiger partial charge in [-0.1, -0.05) is 42.1 Å². The topological polar surface area (TPSA) is 64.0 Å². The van der Waals surface area contributed by atoms with E-state index in [-0.39, 0.29) is 17.2 Å². The van der Waals surface area contributed by atoms with Crippen LogP contribution >= 0.6 is 23.5 Å². The molecule has 2 heterocycles. The number of aryl methyl sites for hydroxylation is 2. The quantitative estimate of drug-likeness (QED) is 0.511. The second kappa shape index (κ2) is 8.24. The number of rotatable bonds is 5. The molecule has 1 aromatic heterocycles. The lowest BCUT2D eigenvalue weighted by molar-refractivity contribution is -0.113. The lowest BCUT2D eigenvalue weighted by Gasteiger charge is -2.13. The molecule has 0 radical (unpaired) electrons. The number of nitrogens with one attached hydrogen (secondary N) is 1. The Morgan fingerprint density at radius 2 is 2.04 bits per heavy atom. The first-order valence-electron chi connectivity index (χ1n) is 8.95. The molecule has 4 rings (SSSR count). The first-order valence-corrected chi connectivity index (χ1v) is 10.9. The van der Waals surface area contributed by atoms with Crippen LogP contribution in [-0.4, -0.2) is 27.0 Å². The number of aromatic nitrogens is 2. The fourth-order valence-corrected chi connectivity index (χ4v) is 4.90. The Balaban J connectivity index is 1.60. The van der Waals surface area contributed by atoms with Crippen molar-refractivity contribution in [2.45, 2.75) is 23.4 Å². The molecule has 1 amide bonds. The van der Waals surface area contributed by atoms with Crippen molar-refractivity contribution in [2.24, 2.45) is 0 Å². The van der Waals surface area contributed by atoms with Gasteiger partial charge in [0.05, 0.1) is 22.0 Å². The molecule has 5 nitrogen and oxygen atoms in total. The number of carbonyl (C=O) groups excluding carboxylic acids is 1. The maximum absolute atomic E-state index is 13.0. The summed E-state index contributed by atoms with van der Waals surface area (Å²) >= 11 is 2.84. The fraction of sp³-hybridized carbons (Fsp3) is 0.190. The standard InChI is InChI=1S/C21H19N3O2S2/c1-14-6-5-7-15(12-14)22-18(25)13-28-21-23-17-10-11-27-19(17)20(26)24(21)16-8-3-2-4-9-16/h2-9,12H,10-11,13H2,1H3,(H,22,25). The smallest absolute Gasteiger partial charge is 0.272 e. The van der Waals surface area contributed by atoms with E-state index in [0.29, 0.717) is 5.16 Å². The van der Waals surface area contributed by atoms with Gasteiger partial charge in [-0.25, -0.2) is 4.98 Å². The Hall–Kier alpha value is -2.51. The molecule has 0 fully saturated rings. The van der Waals surface area contributed by atoms with Crippen molar-refractivity contribution in [3.05, 3.63) is 76.2 Å². The number of hydrogen-bond donors (Lipinski definition) is 1. The van der Waals surface area contributed by atoms with Crippen LogP contribution < -0.4 is 10.9 Å². The van der Waals surface area contributed by atoms with Crippen LogP contribution in [0.3, 0.4) is 0 Å². The highest BCUT2D eigenvalue weighted by atomic mass is 32.2. The van der Waals surface area contributed by atoms with Crippen molar-refractivity contribution in [3.63, 3.8) is 0 Å². The number of amides is 1. The highest BCUT2D eigenvalue weighted by molar-refractivity contribution is 8.00. The van der Waals surface area contributed by atoms with Crippen molar-refractivity contribution in [1.29, 1.82) is 0 Å². The zero-order chi connectivity index (χ0) is 19.5. The van der Waals surface area contributed by atoms with Gasteiger partial charge >= 0.3 is 0 Å². The zero-order valence-electron chi connectivity index (χ0n) is 15.3. The first kappa shape index (κ1) is 18.8. The molecule has 3 aromatic rings. The van der Waals surface area contributed by atoms with Crippen molar-refractivity contribution in [3.8, 4) is 5.69 Å². The summed E-state index contributed by atoms with van der Waals surface area (Å²) in [4.78, 5) is 30.9. The molecule has 2 aromatic carbocycles. The molecule has 0 aliphatic carbocycles. The van der Waals surface area contributed by atoms with E-state index in [9.17, 15) is 9.59 Å². The summed E-state index contributed by atoms with van der Waals surface area (Å²) in [6.45, 7) is 1.98. The molecule has 142 valence electrons. The van der Waals surface area contributed by atoms with Gasteiger partial charge < -0.3 is 5.32 Å². The molecule has 0 saturated heterocycles. The number of fused-ring (bicyclic) bond motifs is 1. The normalized spacial score (nSPS) is 12.6. The number of benzene rings is 2. The van der Waals surface area contributed by atoms with E-state index >= 15 is 0 Å². The van der Waals surface area contributed by atoms with Crippen LogP contribution in [0.5, 0.6) is 0 Å². The molecule has 1 aliphatic heterocycles. The lowest BCUT2D eigenvalue weighted by atomic mass is 10.2. The number of carbonyl (C=O) groups is 1. The molecule has 7 heteroatoms. The Labute approximate surface area is 171 Å². The Morgan fingerprint density at radius 3 is 2.82 bits per heavy atom. The summed E-state index contributed by atoms with van der Waals surface area (Å²) in [6, 6.07) is 17.1. The van der Waals surface area contributed by atoms with E-state index in [1.165, 1.54) is 11.8 Å². The van der Waals surface area contributed by atoms with E-state index in [4.69, 9.17) is 4.98 Å². The molecule has 0 bridgehead atoms. The average Bonchev–Trinajstić information content (AvgIpc) is 3.16. The van der Waals surface area contributed by atoms with Crippen LogP contribution in [0.2, 0.25) is 0 Å². The SMILES string of the molecule is Cc1cccc(NC(=O)CSc2nc3c(c(=O)n2-c2ccccc2)SCC3)c1. The van der Waals surface area contributed by atoms with Gasteiger partial charge in [0.15, 0.2) is 5.16 Å². The molecule has 1 aliphatic rings. The maximum atomic E-state index is 13.0. The van der Waals surface area contributed by atoms with E-state index in [1.54, 1.807) is 16.3 Å². The van der Waals surface area contributed by atoms with Crippen LogP contribution in [0.15, 0.2) is 69.4 Å². The first-order chi connectivity index (χ1) is 13.6. The minimum Gasteiger partial charge on any atom is -0.325 e. The largest absolute Gasteiger partial charge is 0.325 e. The minimum atomic E-state index is -0.126. The van der Waals surface area contributed by atoms with Crippen LogP contribution in [0.1, 0.15) is 11.3 Å². The molecule has 1 N–H and O–H groups in total. The van der Waals surface area contributed by atoms with Crippen LogP contribution in [0.4, 0.5) is 5.69 Å². The number of para-hydroxylation sites is 1. The van der Waals surface area contributed by atoms with Gasteiger partial charge in [-0.05, 0) is 36.8 Å². The van der Waals surface area contributed by atoms with Crippen LogP contribution in [0.25, 0.3) is 5.69 Å². The monoisotopic (exact) mass is 409 g/mol. The Kier molecular flexibility index (Phi) is 5.54. The van der Waals surface area contributed by atoms with Crippen LogP contribution in [-0.2, 0) is 11.2 Å². The third-order valence-corrected chi connectivity index (χ3v) is 6.36. The summed E-state index contributed by atoms with van der Waals surface area (Å²) in [5.74, 6) is 0.923. The predicted molar refractivity (Wildman–Crippen MR) is 115 cm³/mol. The highest BCUT2D eigenvalue weighted by Crippen LogP contribution is 2.30. The second-order valence-electron chi connectivity index (χ2n) is 6.45. The van der Waals surface area contributed by atoms with Crippen molar-refractivity contribution in [1.82, 2.24) is 9.55 Å². The van der Waals surface area contributed by atoms with Crippen molar-refractivity contribution >= 4 is 35.1 Å². The summed E-state index contributed by atoms with van der Waals surface area (Å²) in [6.07, 6.45) is 0.786. The molecule has 0 unspecified atom stereocenters. The maximum Gasteiger partial charge on any atom is 0.272 e. The number of nitrogens with zero attached hydrogens (tertiary/aromatic N) is 2. The van der Waals surface area contributed by atoms with E-state index in [0.717, 1.165) is 39.7 Å². The van der Waals surface area contributed by atoms with Gasteiger partial charge in [-0.15, -0.1) is 11.8 Å². The van der Waals surface area contributed by atoms with Gasteiger partial charge in [0.2, 0.25) is 5.91 Å². The number of hydrogen-bond acceptors (Lipinski definition) is 5.